The van der Waals surface area contributed by atoms with Crippen molar-refractivity contribution in [2.45, 2.75) is 27.2 Å². The molecule has 1 aromatic heterocycles. The van der Waals surface area contributed by atoms with Crippen LogP contribution >= 0.6 is 0 Å². The Balaban J connectivity index is 2.75. The highest BCUT2D eigenvalue weighted by molar-refractivity contribution is 5.94. The molecular weight excluding hydrogens is 306 g/mol. The molecule has 0 radical (unpaired) electrons. The number of aromatic nitrogens is 1. The number of nitrogens with zero attached hydrogens (tertiary/aromatic N) is 3. The smallest absolute Gasteiger partial charge is 0.310 e. The standard InChI is InChI=1S/C18H29N3O3/c1-5-20(6-2)11-8-12-21(14-15(3)18(23)24-4)17(22)16-9-7-10-19-13-16/h7,9-10,13,15H,5-6,8,11-12,14H2,1-4H3. The molecule has 1 amide bonds. The summed E-state index contributed by atoms with van der Waals surface area (Å²) in [5, 5.41) is 0. The van der Waals surface area contributed by atoms with Crippen LogP contribution in [-0.4, -0.2) is 66.5 Å². The zero-order chi connectivity index (χ0) is 17.9. The number of amides is 1. The molecule has 0 fully saturated rings. The fourth-order valence-electron chi connectivity index (χ4n) is 2.58. The van der Waals surface area contributed by atoms with Gasteiger partial charge in [-0.15, -0.1) is 0 Å². The molecule has 1 unspecified atom stereocenters. The largest absolute Gasteiger partial charge is 0.469 e. The molecule has 0 spiro atoms. The molecular formula is C18H29N3O3. The van der Waals surface area contributed by atoms with Gasteiger partial charge in [-0.3, -0.25) is 14.6 Å². The second kappa shape index (κ2) is 10.8. The highest BCUT2D eigenvalue weighted by Gasteiger charge is 2.22. The van der Waals surface area contributed by atoms with Gasteiger partial charge < -0.3 is 14.5 Å². The Hall–Kier alpha value is -1.95. The second-order valence-electron chi connectivity index (χ2n) is 5.80. The second-order valence-corrected chi connectivity index (χ2v) is 5.80. The summed E-state index contributed by atoms with van der Waals surface area (Å²) in [5.41, 5.74) is 0.539. The lowest BCUT2D eigenvalue weighted by molar-refractivity contribution is -0.145. The van der Waals surface area contributed by atoms with E-state index >= 15 is 0 Å². The first-order valence-corrected chi connectivity index (χ1v) is 8.52. The van der Waals surface area contributed by atoms with E-state index in [1.807, 2.05) is 0 Å². The summed E-state index contributed by atoms with van der Waals surface area (Å²) in [6.07, 6.45) is 4.06. The molecule has 6 nitrogen and oxygen atoms in total. The lowest BCUT2D eigenvalue weighted by Gasteiger charge is -2.26. The van der Waals surface area contributed by atoms with E-state index in [4.69, 9.17) is 4.74 Å². The maximum Gasteiger partial charge on any atom is 0.310 e. The van der Waals surface area contributed by atoms with E-state index < -0.39 is 0 Å². The molecule has 1 aromatic rings. The van der Waals surface area contributed by atoms with Crippen LogP contribution in [0.4, 0.5) is 0 Å². The molecule has 0 aromatic carbocycles. The van der Waals surface area contributed by atoms with Crippen molar-refractivity contribution >= 4 is 11.9 Å². The van der Waals surface area contributed by atoms with Gasteiger partial charge in [0.2, 0.25) is 0 Å². The van der Waals surface area contributed by atoms with Gasteiger partial charge >= 0.3 is 5.97 Å². The van der Waals surface area contributed by atoms with E-state index in [1.54, 1.807) is 36.4 Å². The van der Waals surface area contributed by atoms with Crippen molar-refractivity contribution in [1.29, 1.82) is 0 Å². The lowest BCUT2D eigenvalue weighted by atomic mass is 10.1. The Labute approximate surface area is 144 Å². The molecule has 0 aliphatic carbocycles. The van der Waals surface area contributed by atoms with E-state index in [1.165, 1.54) is 7.11 Å². The van der Waals surface area contributed by atoms with Gasteiger partial charge in [0.1, 0.15) is 0 Å². The van der Waals surface area contributed by atoms with E-state index in [0.29, 0.717) is 18.7 Å². The van der Waals surface area contributed by atoms with Gasteiger partial charge in [0.25, 0.3) is 5.91 Å². The number of carbonyl (C=O) groups excluding carboxylic acids is 2. The fourth-order valence-corrected chi connectivity index (χ4v) is 2.58. The molecule has 1 rings (SSSR count). The van der Waals surface area contributed by atoms with Crippen LogP contribution in [0.5, 0.6) is 0 Å². The quantitative estimate of drug-likeness (QED) is 0.613. The number of methoxy groups -OCH3 is 1. The number of ether oxygens (including phenoxy) is 1. The van der Waals surface area contributed by atoms with Gasteiger partial charge in [-0.25, -0.2) is 0 Å². The van der Waals surface area contributed by atoms with Gasteiger partial charge in [0.05, 0.1) is 18.6 Å². The molecule has 0 saturated heterocycles. The third kappa shape index (κ3) is 6.28. The summed E-state index contributed by atoms with van der Waals surface area (Å²) in [5.74, 6) is -0.759. The first-order valence-electron chi connectivity index (χ1n) is 8.52. The van der Waals surface area contributed by atoms with Gasteiger partial charge in [-0.1, -0.05) is 20.8 Å². The number of hydrogen-bond acceptors (Lipinski definition) is 5. The first-order chi connectivity index (χ1) is 11.5. The number of rotatable bonds is 10. The maximum atomic E-state index is 12.7. The molecule has 134 valence electrons. The van der Waals surface area contributed by atoms with Gasteiger partial charge in [0, 0.05) is 25.5 Å². The first kappa shape index (κ1) is 20.1. The van der Waals surface area contributed by atoms with Crippen LogP contribution in [0.15, 0.2) is 24.5 Å². The van der Waals surface area contributed by atoms with Crippen LogP contribution in [0.25, 0.3) is 0 Å². The topological polar surface area (TPSA) is 62.7 Å². The Morgan fingerprint density at radius 1 is 1.25 bits per heavy atom. The SMILES string of the molecule is CCN(CC)CCCN(CC(C)C(=O)OC)C(=O)c1cccnc1. The average molecular weight is 335 g/mol. The Kier molecular flexibility index (Phi) is 9.01. The summed E-state index contributed by atoms with van der Waals surface area (Å²) >= 11 is 0. The molecule has 0 aliphatic rings. The molecule has 0 N–H and O–H groups in total. The van der Waals surface area contributed by atoms with Crippen LogP contribution < -0.4 is 0 Å². The third-order valence-electron chi connectivity index (χ3n) is 4.09. The van der Waals surface area contributed by atoms with Crippen molar-refractivity contribution in [3.63, 3.8) is 0 Å². The number of hydrogen-bond donors (Lipinski definition) is 0. The summed E-state index contributed by atoms with van der Waals surface area (Å²) in [4.78, 5) is 32.5. The number of esters is 1. The van der Waals surface area contributed by atoms with Crippen molar-refractivity contribution < 1.29 is 14.3 Å². The number of carbonyl (C=O) groups is 2. The molecule has 0 saturated carbocycles. The predicted molar refractivity (Wildman–Crippen MR) is 93.7 cm³/mol. The monoisotopic (exact) mass is 335 g/mol. The van der Waals surface area contributed by atoms with Crippen LogP contribution in [0.2, 0.25) is 0 Å². The van der Waals surface area contributed by atoms with Crippen LogP contribution in [0.1, 0.15) is 37.6 Å². The minimum absolute atomic E-state index is 0.0987. The van der Waals surface area contributed by atoms with Crippen molar-refractivity contribution in [3.05, 3.63) is 30.1 Å². The van der Waals surface area contributed by atoms with Crippen molar-refractivity contribution in [2.75, 3.05) is 39.8 Å². The summed E-state index contributed by atoms with van der Waals surface area (Å²) < 4.78 is 4.78. The van der Waals surface area contributed by atoms with Crippen LogP contribution in [-0.2, 0) is 9.53 Å². The summed E-state index contributed by atoms with van der Waals surface area (Å²) in [6, 6.07) is 3.49. The Morgan fingerprint density at radius 3 is 2.50 bits per heavy atom. The minimum Gasteiger partial charge on any atom is -0.469 e. The van der Waals surface area contributed by atoms with E-state index in [-0.39, 0.29) is 17.8 Å². The molecule has 1 atom stereocenters. The van der Waals surface area contributed by atoms with Gasteiger partial charge in [-0.2, -0.15) is 0 Å². The van der Waals surface area contributed by atoms with Crippen LogP contribution in [0, 0.1) is 5.92 Å². The number of pyridine rings is 1. The highest BCUT2D eigenvalue weighted by atomic mass is 16.5. The highest BCUT2D eigenvalue weighted by Crippen LogP contribution is 2.09. The molecule has 24 heavy (non-hydrogen) atoms. The third-order valence-corrected chi connectivity index (χ3v) is 4.09. The van der Waals surface area contributed by atoms with E-state index in [9.17, 15) is 9.59 Å². The Bertz CT molecular complexity index is 503. The minimum atomic E-state index is -0.357. The zero-order valence-electron chi connectivity index (χ0n) is 15.2. The van der Waals surface area contributed by atoms with Gasteiger partial charge in [0.15, 0.2) is 0 Å². The predicted octanol–water partition coefficient (Wildman–Crippen LogP) is 2.06. The normalized spacial score (nSPS) is 12.0. The zero-order valence-corrected chi connectivity index (χ0v) is 15.2. The summed E-state index contributed by atoms with van der Waals surface area (Å²) in [7, 11) is 1.37. The molecule has 6 heteroatoms. The summed E-state index contributed by atoms with van der Waals surface area (Å²) in [6.45, 7) is 9.89. The molecule has 0 bridgehead atoms. The van der Waals surface area contributed by atoms with E-state index in [0.717, 1.165) is 26.1 Å². The van der Waals surface area contributed by atoms with Crippen molar-refractivity contribution in [1.82, 2.24) is 14.8 Å². The Morgan fingerprint density at radius 2 is 1.96 bits per heavy atom. The maximum absolute atomic E-state index is 12.7. The fraction of sp³-hybridized carbons (Fsp3) is 0.611. The molecule has 1 heterocycles. The lowest BCUT2D eigenvalue weighted by Crippen LogP contribution is -2.39. The van der Waals surface area contributed by atoms with Gasteiger partial charge in [-0.05, 0) is 38.2 Å². The molecule has 0 aliphatic heterocycles. The van der Waals surface area contributed by atoms with E-state index in [2.05, 4.69) is 23.7 Å². The van der Waals surface area contributed by atoms with Crippen LogP contribution in [0.3, 0.4) is 0 Å². The van der Waals surface area contributed by atoms with Crippen molar-refractivity contribution in [3.8, 4) is 0 Å². The van der Waals surface area contributed by atoms with Crippen molar-refractivity contribution in [2.24, 2.45) is 5.92 Å². The average Bonchev–Trinajstić information content (AvgIpc) is 2.63.